The van der Waals surface area contributed by atoms with Crippen molar-refractivity contribution in [2.45, 2.75) is 27.7 Å². The molecule has 1 aromatic heterocycles. The van der Waals surface area contributed by atoms with Crippen LogP contribution in [-0.4, -0.2) is 5.91 Å². The molecule has 3 nitrogen and oxygen atoms in total. The summed E-state index contributed by atoms with van der Waals surface area (Å²) in [5.74, 6) is -0.370. The minimum Gasteiger partial charge on any atom is -0.321 e. The van der Waals surface area contributed by atoms with Gasteiger partial charge in [-0.25, -0.2) is 0 Å². The molecule has 0 aliphatic carbocycles. The molecule has 1 amide bonds. The second kappa shape index (κ2) is 6.59. The highest BCUT2D eigenvalue weighted by Crippen LogP contribution is 2.24. The van der Waals surface area contributed by atoms with E-state index in [1.165, 1.54) is 11.3 Å². The summed E-state index contributed by atoms with van der Waals surface area (Å²) in [6.45, 7) is 7.89. The molecular formula is C18H18N2OS. The van der Waals surface area contributed by atoms with Gasteiger partial charge in [0.1, 0.15) is 11.6 Å². The van der Waals surface area contributed by atoms with Crippen LogP contribution in [0.5, 0.6) is 0 Å². The van der Waals surface area contributed by atoms with Gasteiger partial charge in [0, 0.05) is 10.6 Å². The molecule has 1 aromatic carbocycles. The Hall–Kier alpha value is -2.38. The molecule has 0 radical (unpaired) electrons. The Morgan fingerprint density at radius 3 is 2.32 bits per heavy atom. The van der Waals surface area contributed by atoms with Crippen molar-refractivity contribution < 1.29 is 4.79 Å². The number of rotatable bonds is 3. The molecule has 0 unspecified atom stereocenters. The number of benzene rings is 1. The van der Waals surface area contributed by atoms with Crippen LogP contribution in [0.3, 0.4) is 0 Å². The second-order valence-electron chi connectivity index (χ2n) is 5.37. The van der Waals surface area contributed by atoms with Crippen LogP contribution in [0.25, 0.3) is 6.08 Å². The number of aryl methyl sites for hydroxylation is 4. The molecule has 0 fully saturated rings. The van der Waals surface area contributed by atoms with E-state index < -0.39 is 0 Å². The van der Waals surface area contributed by atoms with Gasteiger partial charge in [0.25, 0.3) is 5.91 Å². The summed E-state index contributed by atoms with van der Waals surface area (Å²) in [5.41, 5.74) is 5.10. The number of nitriles is 1. The third-order valence-corrected chi connectivity index (χ3v) is 4.42. The number of anilines is 1. The van der Waals surface area contributed by atoms with Crippen molar-refractivity contribution in [2.75, 3.05) is 5.32 Å². The van der Waals surface area contributed by atoms with Crippen LogP contribution in [0.1, 0.15) is 27.1 Å². The van der Waals surface area contributed by atoms with Gasteiger partial charge in [0.15, 0.2) is 0 Å². The molecule has 1 N–H and O–H groups in total. The lowest BCUT2D eigenvalue weighted by atomic mass is 10.0. The van der Waals surface area contributed by atoms with E-state index in [2.05, 4.69) is 5.32 Å². The van der Waals surface area contributed by atoms with Gasteiger partial charge in [-0.2, -0.15) is 5.26 Å². The second-order valence-corrected chi connectivity index (χ2v) is 6.31. The predicted molar refractivity (Wildman–Crippen MR) is 91.9 cm³/mol. The Balaban J connectivity index is 2.30. The minimum atomic E-state index is -0.370. The number of hydrogen-bond acceptors (Lipinski definition) is 3. The van der Waals surface area contributed by atoms with Gasteiger partial charge >= 0.3 is 0 Å². The van der Waals surface area contributed by atoms with Gasteiger partial charge < -0.3 is 5.32 Å². The zero-order valence-corrected chi connectivity index (χ0v) is 14.0. The SMILES string of the molecule is Cc1cc(C)c(NC(=O)/C(C#N)=C\c2sccc2C)c(C)c1. The fourth-order valence-corrected chi connectivity index (χ4v) is 3.23. The average molecular weight is 310 g/mol. The summed E-state index contributed by atoms with van der Waals surface area (Å²) in [4.78, 5) is 13.3. The maximum Gasteiger partial charge on any atom is 0.266 e. The fourth-order valence-electron chi connectivity index (χ4n) is 2.37. The number of hydrogen-bond donors (Lipinski definition) is 1. The summed E-state index contributed by atoms with van der Waals surface area (Å²) in [5, 5.41) is 14.1. The van der Waals surface area contributed by atoms with Crippen LogP contribution in [0, 0.1) is 39.0 Å². The van der Waals surface area contributed by atoms with Crippen LogP contribution in [0.2, 0.25) is 0 Å². The van der Waals surface area contributed by atoms with Gasteiger partial charge in [-0.1, -0.05) is 17.7 Å². The lowest BCUT2D eigenvalue weighted by Gasteiger charge is -2.12. The standard InChI is InChI=1S/C18H18N2OS/c1-11-7-13(3)17(14(4)8-11)20-18(21)15(10-19)9-16-12(2)5-6-22-16/h5-9H,1-4H3,(H,20,21)/b15-9-. The molecular weight excluding hydrogens is 292 g/mol. The summed E-state index contributed by atoms with van der Waals surface area (Å²) in [7, 11) is 0. The number of thiophene rings is 1. The topological polar surface area (TPSA) is 52.9 Å². The van der Waals surface area contributed by atoms with Crippen LogP contribution in [0.15, 0.2) is 29.2 Å². The van der Waals surface area contributed by atoms with Crippen molar-refractivity contribution in [3.8, 4) is 6.07 Å². The molecule has 0 saturated heterocycles. The van der Waals surface area contributed by atoms with Crippen LogP contribution >= 0.6 is 11.3 Å². The van der Waals surface area contributed by atoms with Crippen molar-refractivity contribution in [3.63, 3.8) is 0 Å². The lowest BCUT2D eigenvalue weighted by Crippen LogP contribution is -2.15. The maximum atomic E-state index is 12.4. The van der Waals surface area contributed by atoms with E-state index >= 15 is 0 Å². The molecule has 0 aliphatic rings. The molecule has 0 aliphatic heterocycles. The highest BCUT2D eigenvalue weighted by atomic mass is 32.1. The lowest BCUT2D eigenvalue weighted by molar-refractivity contribution is -0.112. The Morgan fingerprint density at radius 1 is 1.18 bits per heavy atom. The van der Waals surface area contributed by atoms with Gasteiger partial charge in [-0.15, -0.1) is 11.3 Å². The zero-order valence-electron chi connectivity index (χ0n) is 13.2. The van der Waals surface area contributed by atoms with E-state index in [-0.39, 0.29) is 11.5 Å². The molecule has 0 saturated carbocycles. The van der Waals surface area contributed by atoms with E-state index in [0.29, 0.717) is 0 Å². The molecule has 2 aromatic rings. The Bertz CT molecular complexity index is 771. The van der Waals surface area contributed by atoms with E-state index in [4.69, 9.17) is 0 Å². The van der Waals surface area contributed by atoms with E-state index in [1.54, 1.807) is 6.08 Å². The third kappa shape index (κ3) is 3.44. The fraction of sp³-hybridized carbons (Fsp3) is 0.222. The summed E-state index contributed by atoms with van der Waals surface area (Å²) >= 11 is 1.52. The number of carbonyl (C=O) groups is 1. The van der Waals surface area contributed by atoms with Crippen LogP contribution in [-0.2, 0) is 4.79 Å². The number of nitrogens with zero attached hydrogens (tertiary/aromatic N) is 1. The van der Waals surface area contributed by atoms with Crippen LogP contribution in [0.4, 0.5) is 5.69 Å². The van der Waals surface area contributed by atoms with Crippen molar-refractivity contribution in [3.05, 3.63) is 56.3 Å². The highest BCUT2D eigenvalue weighted by molar-refractivity contribution is 7.11. The van der Waals surface area contributed by atoms with Gasteiger partial charge in [0.2, 0.25) is 0 Å². The van der Waals surface area contributed by atoms with Gasteiger partial charge in [-0.05, 0) is 61.9 Å². The first-order valence-electron chi connectivity index (χ1n) is 6.97. The van der Waals surface area contributed by atoms with E-state index in [1.807, 2.05) is 57.3 Å². The first-order chi connectivity index (χ1) is 10.4. The van der Waals surface area contributed by atoms with Crippen molar-refractivity contribution in [1.29, 1.82) is 5.26 Å². The van der Waals surface area contributed by atoms with Crippen molar-refractivity contribution in [2.24, 2.45) is 0 Å². The quantitative estimate of drug-likeness (QED) is 0.669. The van der Waals surface area contributed by atoms with Gasteiger partial charge in [-0.3, -0.25) is 4.79 Å². The molecule has 4 heteroatoms. The first kappa shape index (κ1) is 16.0. The van der Waals surface area contributed by atoms with E-state index in [0.717, 1.165) is 32.8 Å². The third-order valence-electron chi connectivity index (χ3n) is 3.46. The van der Waals surface area contributed by atoms with E-state index in [9.17, 15) is 10.1 Å². The highest BCUT2D eigenvalue weighted by Gasteiger charge is 2.13. The summed E-state index contributed by atoms with van der Waals surface area (Å²) in [6.07, 6.45) is 1.65. The molecule has 112 valence electrons. The summed E-state index contributed by atoms with van der Waals surface area (Å²) in [6, 6.07) is 7.99. The molecule has 0 bridgehead atoms. The Morgan fingerprint density at radius 2 is 1.82 bits per heavy atom. The maximum absolute atomic E-state index is 12.4. The minimum absolute atomic E-state index is 0.116. The van der Waals surface area contributed by atoms with Crippen LogP contribution < -0.4 is 5.32 Å². The molecule has 1 heterocycles. The average Bonchev–Trinajstić information content (AvgIpc) is 2.85. The van der Waals surface area contributed by atoms with Gasteiger partial charge in [0.05, 0.1) is 0 Å². The molecule has 22 heavy (non-hydrogen) atoms. The number of amides is 1. The molecule has 0 atom stereocenters. The largest absolute Gasteiger partial charge is 0.321 e. The molecule has 2 rings (SSSR count). The monoisotopic (exact) mass is 310 g/mol. The zero-order chi connectivity index (χ0) is 16.3. The number of carbonyl (C=O) groups excluding carboxylic acids is 1. The smallest absolute Gasteiger partial charge is 0.266 e. The normalized spacial score (nSPS) is 11.1. The predicted octanol–water partition coefficient (Wildman–Crippen LogP) is 4.53. The molecule has 0 spiro atoms. The van der Waals surface area contributed by atoms with Crippen molar-refractivity contribution in [1.82, 2.24) is 0 Å². The number of nitrogens with one attached hydrogen (secondary N) is 1. The Kier molecular flexibility index (Phi) is 4.79. The first-order valence-corrected chi connectivity index (χ1v) is 7.85. The van der Waals surface area contributed by atoms with Crippen molar-refractivity contribution >= 4 is 29.0 Å². The summed E-state index contributed by atoms with van der Waals surface area (Å²) < 4.78 is 0. The Labute approximate surface area is 134 Å².